The van der Waals surface area contributed by atoms with Gasteiger partial charge < -0.3 is 32.7 Å². The molecule has 53 heavy (non-hydrogen) atoms. The van der Waals surface area contributed by atoms with Gasteiger partial charge in [0.2, 0.25) is 0 Å². The van der Waals surface area contributed by atoms with E-state index in [2.05, 4.69) is 17.0 Å². The molecule has 0 saturated carbocycles. The van der Waals surface area contributed by atoms with Gasteiger partial charge in [0, 0.05) is 42.0 Å². The highest BCUT2D eigenvalue weighted by atomic mass is 16.5. The summed E-state index contributed by atoms with van der Waals surface area (Å²) in [7, 11) is 0. The van der Waals surface area contributed by atoms with E-state index in [0.29, 0.717) is 97.7 Å². The summed E-state index contributed by atoms with van der Waals surface area (Å²) in [6.07, 6.45) is 0. The van der Waals surface area contributed by atoms with Crippen LogP contribution in [-0.2, 0) is 9.47 Å². The van der Waals surface area contributed by atoms with Crippen LogP contribution >= 0.6 is 0 Å². The van der Waals surface area contributed by atoms with Gasteiger partial charge in [0.1, 0.15) is 47.4 Å². The summed E-state index contributed by atoms with van der Waals surface area (Å²) in [5.74, 6) is 2.45. The van der Waals surface area contributed by atoms with Crippen molar-refractivity contribution in [3.8, 4) is 34.1 Å². The summed E-state index contributed by atoms with van der Waals surface area (Å²) >= 11 is 0. The quantitative estimate of drug-likeness (QED) is 0.0866. The molecule has 0 aliphatic carbocycles. The molecule has 9 heteroatoms. The minimum Gasteiger partial charge on any atom is -0.491 e. The third-order valence-corrected chi connectivity index (χ3v) is 8.67. The van der Waals surface area contributed by atoms with Gasteiger partial charge in [-0.2, -0.15) is 0 Å². The molecule has 0 atom stereocenters. The molecule has 0 N–H and O–H groups in total. The molecule has 0 radical (unpaired) electrons. The number of ether oxygens (including phenoxy) is 4. The summed E-state index contributed by atoms with van der Waals surface area (Å²) in [5.41, 5.74) is 3.68. The van der Waals surface area contributed by atoms with E-state index in [1.807, 2.05) is 91.0 Å². The molecule has 0 saturated heterocycles. The first-order valence-corrected chi connectivity index (χ1v) is 17.6. The van der Waals surface area contributed by atoms with Crippen molar-refractivity contribution >= 4 is 27.6 Å². The van der Waals surface area contributed by atoms with Crippen molar-refractivity contribution in [1.29, 1.82) is 0 Å². The third kappa shape index (κ3) is 9.20. The third-order valence-electron chi connectivity index (χ3n) is 8.67. The van der Waals surface area contributed by atoms with Crippen LogP contribution in [0.15, 0.2) is 158 Å². The van der Waals surface area contributed by atoms with Crippen molar-refractivity contribution in [3.63, 3.8) is 0 Å². The Labute approximate surface area is 306 Å². The van der Waals surface area contributed by atoms with E-state index in [1.54, 1.807) is 24.3 Å². The van der Waals surface area contributed by atoms with Gasteiger partial charge in [0.05, 0.1) is 37.2 Å². The average molecular weight is 710 g/mol. The Morgan fingerprint density at radius 1 is 0.453 bits per heavy atom. The second-order valence-corrected chi connectivity index (χ2v) is 12.2. The fourth-order valence-corrected chi connectivity index (χ4v) is 5.92. The lowest BCUT2D eigenvalue weighted by Crippen LogP contribution is -2.31. The average Bonchev–Trinajstić information content (AvgIpc) is 3.20. The van der Waals surface area contributed by atoms with Crippen molar-refractivity contribution < 1.29 is 27.8 Å². The monoisotopic (exact) mass is 709 g/mol. The van der Waals surface area contributed by atoms with Crippen LogP contribution < -0.4 is 25.2 Å². The molecule has 0 aliphatic rings. The van der Waals surface area contributed by atoms with Crippen LogP contribution in [0.1, 0.15) is 0 Å². The normalized spacial score (nSPS) is 11.2. The van der Waals surface area contributed by atoms with Crippen LogP contribution in [0, 0.1) is 0 Å². The summed E-state index contributed by atoms with van der Waals surface area (Å²) in [6, 6.07) is 42.6. The number of rotatable bonds is 17. The van der Waals surface area contributed by atoms with E-state index < -0.39 is 0 Å². The van der Waals surface area contributed by atoms with E-state index in [4.69, 9.17) is 27.8 Å². The molecule has 7 aromatic rings. The Hall–Kier alpha value is -6.16. The zero-order valence-electron chi connectivity index (χ0n) is 29.1. The first-order valence-electron chi connectivity index (χ1n) is 17.6. The molecule has 5 aromatic carbocycles. The lowest BCUT2D eigenvalue weighted by Gasteiger charge is -2.24. The molecule has 0 fully saturated rings. The number of hydrogen-bond donors (Lipinski definition) is 0. The maximum atomic E-state index is 12.5. The Morgan fingerprint density at radius 3 is 1.36 bits per heavy atom. The Kier molecular flexibility index (Phi) is 11.6. The molecule has 0 bridgehead atoms. The SMILES string of the molecule is O=c1cc(-c2ccc(OCCOCCN(CCOCCOc3ccc(-c4cc(=O)c5ccccc5o4)cc3)c3ccccc3)cc2)oc2ccccc12. The number of benzene rings is 5. The van der Waals surface area contributed by atoms with Crippen molar-refractivity contribution in [2.75, 3.05) is 57.6 Å². The van der Waals surface area contributed by atoms with Gasteiger partial charge in [-0.1, -0.05) is 42.5 Å². The Bertz CT molecular complexity index is 2200. The molecule has 9 nitrogen and oxygen atoms in total. The van der Waals surface area contributed by atoms with Crippen LogP contribution in [0.3, 0.4) is 0 Å². The minimum atomic E-state index is -0.0702. The number of para-hydroxylation sites is 3. The van der Waals surface area contributed by atoms with Gasteiger partial charge >= 0.3 is 0 Å². The lowest BCUT2D eigenvalue weighted by atomic mass is 10.1. The largest absolute Gasteiger partial charge is 0.491 e. The van der Waals surface area contributed by atoms with E-state index in [9.17, 15) is 9.59 Å². The predicted molar refractivity (Wildman–Crippen MR) is 207 cm³/mol. The number of hydrogen-bond acceptors (Lipinski definition) is 9. The fraction of sp³-hybridized carbons (Fsp3) is 0.182. The molecule has 0 amide bonds. The molecule has 2 heterocycles. The van der Waals surface area contributed by atoms with Crippen LogP contribution in [0.2, 0.25) is 0 Å². The summed E-state index contributed by atoms with van der Waals surface area (Å²) in [6.45, 7) is 4.13. The predicted octanol–water partition coefficient (Wildman–Crippen LogP) is 8.23. The fourth-order valence-electron chi connectivity index (χ4n) is 5.92. The maximum absolute atomic E-state index is 12.5. The van der Waals surface area contributed by atoms with Gasteiger partial charge in [-0.25, -0.2) is 0 Å². The van der Waals surface area contributed by atoms with Crippen LogP contribution in [0.25, 0.3) is 44.6 Å². The maximum Gasteiger partial charge on any atom is 0.193 e. The van der Waals surface area contributed by atoms with Crippen molar-refractivity contribution in [2.24, 2.45) is 0 Å². The topological polar surface area (TPSA) is 101 Å². The molecule has 2 aromatic heterocycles. The highest BCUT2D eigenvalue weighted by Gasteiger charge is 2.10. The van der Waals surface area contributed by atoms with Crippen molar-refractivity contribution in [2.45, 2.75) is 0 Å². The van der Waals surface area contributed by atoms with Gasteiger partial charge in [0.25, 0.3) is 0 Å². The van der Waals surface area contributed by atoms with E-state index in [1.165, 1.54) is 12.1 Å². The standard InChI is InChI=1S/C44H39NO8/c46-39-30-43(52-41-12-6-4-10-37(39)41)32-14-18-35(19-15-32)50-28-26-48-24-22-45(34-8-2-1-3-9-34)23-25-49-27-29-51-36-20-16-33(17-21-36)44-31-40(47)38-11-5-7-13-42(38)53-44/h1-21,30-31H,22-29H2. The van der Waals surface area contributed by atoms with Crippen LogP contribution in [0.5, 0.6) is 11.5 Å². The lowest BCUT2D eigenvalue weighted by molar-refractivity contribution is 0.0959. The highest BCUT2D eigenvalue weighted by Crippen LogP contribution is 2.26. The smallest absolute Gasteiger partial charge is 0.193 e. The molecule has 268 valence electrons. The Morgan fingerprint density at radius 2 is 0.887 bits per heavy atom. The number of fused-ring (bicyclic) bond motifs is 2. The first kappa shape index (κ1) is 35.3. The number of nitrogens with zero attached hydrogens (tertiary/aromatic N) is 1. The highest BCUT2D eigenvalue weighted by molar-refractivity contribution is 5.79. The van der Waals surface area contributed by atoms with E-state index >= 15 is 0 Å². The van der Waals surface area contributed by atoms with Crippen LogP contribution in [0.4, 0.5) is 5.69 Å². The van der Waals surface area contributed by atoms with Crippen molar-refractivity contribution in [1.82, 2.24) is 0 Å². The molecule has 0 unspecified atom stereocenters. The second-order valence-electron chi connectivity index (χ2n) is 12.2. The molecular weight excluding hydrogens is 670 g/mol. The Balaban J connectivity index is 0.810. The van der Waals surface area contributed by atoms with E-state index in [-0.39, 0.29) is 10.9 Å². The van der Waals surface area contributed by atoms with Gasteiger partial charge in [-0.15, -0.1) is 0 Å². The van der Waals surface area contributed by atoms with Gasteiger partial charge in [-0.05, 0) is 84.9 Å². The van der Waals surface area contributed by atoms with E-state index in [0.717, 1.165) is 16.8 Å². The summed E-state index contributed by atoms with van der Waals surface area (Å²) < 4.78 is 35.5. The van der Waals surface area contributed by atoms with Gasteiger partial charge in [0.15, 0.2) is 10.9 Å². The van der Waals surface area contributed by atoms with Gasteiger partial charge in [-0.3, -0.25) is 9.59 Å². The molecular formula is C44H39NO8. The summed E-state index contributed by atoms with van der Waals surface area (Å²) in [5, 5.41) is 1.13. The number of anilines is 1. The zero-order valence-corrected chi connectivity index (χ0v) is 29.1. The minimum absolute atomic E-state index is 0.0702. The van der Waals surface area contributed by atoms with Crippen molar-refractivity contribution in [3.05, 3.63) is 160 Å². The molecule has 0 spiro atoms. The second kappa shape index (κ2) is 17.4. The van der Waals surface area contributed by atoms with Crippen LogP contribution in [-0.4, -0.2) is 52.7 Å². The molecule has 7 rings (SSSR count). The molecule has 0 aliphatic heterocycles. The first-order chi connectivity index (χ1) is 26.1. The summed E-state index contributed by atoms with van der Waals surface area (Å²) in [4.78, 5) is 27.2. The zero-order chi connectivity index (χ0) is 36.2.